The molecule has 11 heteroatoms. The molecule has 0 unspecified atom stereocenters. The van der Waals surface area contributed by atoms with Crippen molar-refractivity contribution in [1.29, 1.82) is 0 Å². The summed E-state index contributed by atoms with van der Waals surface area (Å²) in [5.74, 6) is 1.26. The van der Waals surface area contributed by atoms with Gasteiger partial charge in [-0.2, -0.15) is 0 Å². The molecule has 3 N–H and O–H groups in total. The van der Waals surface area contributed by atoms with Crippen molar-refractivity contribution in [3.05, 3.63) is 40.4 Å². The van der Waals surface area contributed by atoms with Crippen LogP contribution in [0, 0.1) is 36.0 Å². The molecular formula is C31H39ClN2O8. The van der Waals surface area contributed by atoms with Gasteiger partial charge in [0.2, 0.25) is 0 Å². The highest BCUT2D eigenvalue weighted by Gasteiger charge is 2.62. The van der Waals surface area contributed by atoms with Crippen molar-refractivity contribution in [3.63, 3.8) is 0 Å². The molecule has 2 fully saturated rings. The molecule has 10 nitrogen and oxygen atoms in total. The number of benzene rings is 1. The number of nitrogens with zero attached hydrogens (tertiary/aromatic N) is 1. The molecule has 1 aromatic carbocycles. The molecule has 5 rings (SSSR count). The summed E-state index contributed by atoms with van der Waals surface area (Å²) in [6.45, 7) is 7.63. The first kappa shape index (κ1) is 30.6. The third-order valence-electron chi connectivity index (χ3n) is 9.55. The molecule has 0 amide bonds. The molecule has 1 aromatic rings. The molecule has 1 saturated carbocycles. The van der Waals surface area contributed by atoms with Crippen molar-refractivity contribution in [2.24, 2.45) is 23.7 Å². The zero-order chi connectivity index (χ0) is 30.6. The molecule has 2 aliphatic carbocycles. The Morgan fingerprint density at radius 2 is 2.02 bits per heavy atom. The minimum absolute atomic E-state index is 0.0685. The maximum Gasteiger partial charge on any atom is 0.509 e. The van der Waals surface area contributed by atoms with Crippen molar-refractivity contribution >= 4 is 29.4 Å². The Kier molecular flexibility index (Phi) is 8.29. The average molecular weight is 603 g/mol. The quantitative estimate of drug-likeness (QED) is 0.261. The van der Waals surface area contributed by atoms with Gasteiger partial charge in [0.05, 0.1) is 10.7 Å². The molecule has 0 radical (unpaired) electrons. The Morgan fingerprint density at radius 3 is 2.71 bits per heavy atom. The first-order valence-electron chi connectivity index (χ1n) is 14.4. The van der Waals surface area contributed by atoms with Crippen LogP contribution in [-0.4, -0.2) is 66.1 Å². The molecule has 0 bridgehead atoms. The lowest BCUT2D eigenvalue weighted by Crippen LogP contribution is -2.66. The highest BCUT2D eigenvalue weighted by atomic mass is 35.5. The van der Waals surface area contributed by atoms with E-state index in [4.69, 9.17) is 37.1 Å². The molecular weight excluding hydrogens is 564 g/mol. The first-order valence-corrected chi connectivity index (χ1v) is 14.8. The second-order valence-electron chi connectivity index (χ2n) is 12.3. The predicted molar refractivity (Wildman–Crippen MR) is 154 cm³/mol. The number of carbonyl (C=O) groups is 2. The van der Waals surface area contributed by atoms with Crippen molar-refractivity contribution in [2.75, 3.05) is 18.7 Å². The molecule has 0 aromatic heterocycles. The van der Waals surface area contributed by atoms with E-state index in [9.17, 15) is 19.8 Å². The maximum absolute atomic E-state index is 13.9. The van der Waals surface area contributed by atoms with E-state index in [0.717, 1.165) is 6.42 Å². The third-order valence-corrected chi connectivity index (χ3v) is 9.86. The second-order valence-corrected chi connectivity index (χ2v) is 12.7. The summed E-state index contributed by atoms with van der Waals surface area (Å²) in [7, 11) is 1.67. The molecule has 42 heavy (non-hydrogen) atoms. The Bertz CT molecular complexity index is 1310. The van der Waals surface area contributed by atoms with Crippen molar-refractivity contribution in [3.8, 4) is 12.3 Å². The number of hydroxylamine groups is 1. The zero-order valence-electron chi connectivity index (χ0n) is 24.5. The SMILES string of the molecule is C#CCOC(=O)O[C@@H]1C(C)=C[C@@H]2[C@H](C(C)C)CC[C@@H](C)[C@]2(O)[C@H]1OC(=O)[C@@H]1C[C@@]2(O)c3cccc(Cl)c3N(C)O[C@H]2N1. The van der Waals surface area contributed by atoms with E-state index in [1.165, 1.54) is 5.06 Å². The fourth-order valence-corrected chi connectivity index (χ4v) is 7.62. The molecule has 0 spiro atoms. The zero-order valence-corrected chi connectivity index (χ0v) is 25.3. The summed E-state index contributed by atoms with van der Waals surface area (Å²) in [6.07, 6.45) is 4.37. The molecule has 1 saturated heterocycles. The Balaban J connectivity index is 1.47. The number of ether oxygens (including phenoxy) is 3. The summed E-state index contributed by atoms with van der Waals surface area (Å²) < 4.78 is 16.8. The van der Waals surface area contributed by atoms with Crippen LogP contribution >= 0.6 is 11.6 Å². The Hall–Kier alpha value is -2.81. The fraction of sp³-hybridized carbons (Fsp3) is 0.613. The smallest absolute Gasteiger partial charge is 0.454 e. The van der Waals surface area contributed by atoms with E-state index in [1.54, 1.807) is 32.2 Å². The topological polar surface area (TPSA) is 127 Å². The van der Waals surface area contributed by atoms with Gasteiger partial charge in [-0.15, -0.1) is 6.42 Å². The van der Waals surface area contributed by atoms with Crippen LogP contribution in [0.25, 0.3) is 0 Å². The molecule has 4 aliphatic rings. The second kappa shape index (κ2) is 11.4. The van der Waals surface area contributed by atoms with Crippen LogP contribution in [0.15, 0.2) is 29.8 Å². The minimum atomic E-state index is -1.58. The van der Waals surface area contributed by atoms with E-state index >= 15 is 0 Å². The lowest BCUT2D eigenvalue weighted by Gasteiger charge is -2.55. The number of para-hydroxylation sites is 1. The number of fused-ring (bicyclic) bond motifs is 4. The fourth-order valence-electron chi connectivity index (χ4n) is 7.33. The summed E-state index contributed by atoms with van der Waals surface area (Å²) >= 11 is 6.41. The number of hydrogen-bond donors (Lipinski definition) is 3. The lowest BCUT2D eigenvalue weighted by atomic mass is 9.56. The first-order chi connectivity index (χ1) is 19.8. The standard InChI is InChI=1S/C31H39ClN2O8/c1-7-13-39-29(36)40-25-17(4)14-21-19(16(2)3)12-11-18(5)31(21,38)26(25)41-27(35)23-15-30(37)20-9-8-10-22(32)24(20)34(6)42-28(30)33-23/h1,8-10,14,16,18-19,21,23,25-26,28,33,37-38H,11-13,15H2,2-6H3/t18-,19+,21-,23+,25-,26+,28-,30-,31-/m1/s1. The van der Waals surface area contributed by atoms with E-state index in [-0.39, 0.29) is 36.7 Å². The maximum atomic E-state index is 13.9. The number of esters is 1. The van der Waals surface area contributed by atoms with E-state index in [0.29, 0.717) is 28.3 Å². The van der Waals surface area contributed by atoms with Crippen LogP contribution in [0.2, 0.25) is 5.02 Å². The monoisotopic (exact) mass is 602 g/mol. The van der Waals surface area contributed by atoms with Crippen molar-refractivity contribution in [2.45, 2.75) is 82.6 Å². The number of terminal acetylenes is 1. The van der Waals surface area contributed by atoms with Crippen LogP contribution in [0.4, 0.5) is 10.5 Å². The van der Waals surface area contributed by atoms with Crippen LogP contribution < -0.4 is 10.4 Å². The van der Waals surface area contributed by atoms with E-state index < -0.39 is 47.8 Å². The van der Waals surface area contributed by atoms with Gasteiger partial charge in [-0.05, 0) is 49.2 Å². The lowest BCUT2D eigenvalue weighted by molar-refractivity contribution is -0.221. The summed E-state index contributed by atoms with van der Waals surface area (Å²) in [6, 6.07) is 4.16. The normalized spacial score (nSPS) is 37.1. The van der Waals surface area contributed by atoms with Gasteiger partial charge in [0.1, 0.15) is 17.2 Å². The van der Waals surface area contributed by atoms with Gasteiger partial charge in [-0.25, -0.2) is 4.79 Å². The number of nitrogens with one attached hydrogen (secondary N) is 1. The van der Waals surface area contributed by atoms with Gasteiger partial charge >= 0.3 is 12.1 Å². The number of anilines is 1. The molecule has 9 atom stereocenters. The molecule has 228 valence electrons. The molecule has 2 aliphatic heterocycles. The van der Waals surface area contributed by atoms with Gasteiger partial charge in [0, 0.05) is 24.9 Å². The Labute approximate surface area is 251 Å². The van der Waals surface area contributed by atoms with Crippen molar-refractivity contribution < 1.29 is 38.9 Å². The van der Waals surface area contributed by atoms with Gasteiger partial charge in [0.25, 0.3) is 0 Å². The Morgan fingerprint density at radius 1 is 1.29 bits per heavy atom. The number of halogens is 1. The van der Waals surface area contributed by atoms with Crippen LogP contribution in [0.3, 0.4) is 0 Å². The number of hydrogen-bond acceptors (Lipinski definition) is 10. The number of rotatable bonds is 5. The van der Waals surface area contributed by atoms with Crippen LogP contribution in [0.1, 0.15) is 52.5 Å². The van der Waals surface area contributed by atoms with Gasteiger partial charge in [-0.3, -0.25) is 20.0 Å². The largest absolute Gasteiger partial charge is 0.509 e. The summed E-state index contributed by atoms with van der Waals surface area (Å²) in [4.78, 5) is 32.3. The predicted octanol–water partition coefficient (Wildman–Crippen LogP) is 3.67. The number of aliphatic hydroxyl groups is 2. The average Bonchev–Trinajstić information content (AvgIpc) is 3.28. The minimum Gasteiger partial charge on any atom is -0.454 e. The van der Waals surface area contributed by atoms with Crippen molar-refractivity contribution in [1.82, 2.24) is 5.32 Å². The highest BCUT2D eigenvalue weighted by Crippen LogP contribution is 2.53. The summed E-state index contributed by atoms with van der Waals surface area (Å²) in [5.41, 5.74) is -1.44. The van der Waals surface area contributed by atoms with Crippen LogP contribution in [0.5, 0.6) is 0 Å². The summed E-state index contributed by atoms with van der Waals surface area (Å²) in [5, 5.41) is 29.1. The van der Waals surface area contributed by atoms with Crippen LogP contribution in [-0.2, 0) is 29.4 Å². The highest BCUT2D eigenvalue weighted by molar-refractivity contribution is 6.33. The third kappa shape index (κ3) is 4.95. The molecule has 2 heterocycles. The van der Waals surface area contributed by atoms with E-state index in [1.807, 2.05) is 13.0 Å². The van der Waals surface area contributed by atoms with Gasteiger partial charge < -0.3 is 24.4 Å². The van der Waals surface area contributed by atoms with Gasteiger partial charge in [-0.1, -0.05) is 56.5 Å². The number of carbonyl (C=O) groups excluding carboxylic acids is 2. The van der Waals surface area contributed by atoms with E-state index in [2.05, 4.69) is 25.1 Å². The van der Waals surface area contributed by atoms with Gasteiger partial charge in [0.15, 0.2) is 25.0 Å².